The van der Waals surface area contributed by atoms with Gasteiger partial charge in [0.05, 0.1) is 24.7 Å². The van der Waals surface area contributed by atoms with Crippen LogP contribution in [0.15, 0.2) is 24.3 Å². The first-order valence-electron chi connectivity index (χ1n) is 5.35. The summed E-state index contributed by atoms with van der Waals surface area (Å²) in [4.78, 5) is 3.33. The zero-order valence-electron chi connectivity index (χ0n) is 8.99. The maximum Gasteiger partial charge on any atom is 0.304 e. The number of nitrogens with one attached hydrogen (secondary N) is 2. The average molecular weight is 232 g/mol. The van der Waals surface area contributed by atoms with Gasteiger partial charge in [0, 0.05) is 12.2 Å². The van der Waals surface area contributed by atoms with Crippen molar-refractivity contribution in [2.24, 2.45) is 0 Å². The molecule has 2 N–H and O–H groups in total. The van der Waals surface area contributed by atoms with Crippen LogP contribution in [0.4, 0.5) is 0 Å². The van der Waals surface area contributed by atoms with E-state index in [4.69, 9.17) is 5.26 Å². The minimum Gasteiger partial charge on any atom is -0.269 e. The topological polar surface area (TPSA) is 49.8 Å². The molecule has 1 heterocycles. The molecule has 0 radical (unpaired) electrons. The summed E-state index contributed by atoms with van der Waals surface area (Å²) in [6, 6.07) is 9.87. The Hall–Kier alpha value is -1.47. The van der Waals surface area contributed by atoms with Gasteiger partial charge in [0.15, 0.2) is 0 Å². The van der Waals surface area contributed by atoms with Gasteiger partial charge in [-0.15, -0.1) is 0 Å². The number of thioether (sulfide) groups is 1. The lowest BCUT2D eigenvalue weighted by molar-refractivity contribution is -0.460. The number of rotatable bonds is 2. The monoisotopic (exact) mass is 232 g/mol. The smallest absolute Gasteiger partial charge is 0.269 e. The summed E-state index contributed by atoms with van der Waals surface area (Å²) in [5, 5.41) is 13.2. The first-order valence-corrected chi connectivity index (χ1v) is 6.33. The van der Waals surface area contributed by atoms with E-state index in [2.05, 4.69) is 16.4 Å². The summed E-state index contributed by atoms with van der Waals surface area (Å²) in [7, 11) is 0. The third-order valence-electron chi connectivity index (χ3n) is 2.39. The van der Waals surface area contributed by atoms with E-state index in [1.54, 1.807) is 11.8 Å². The Labute approximate surface area is 99.6 Å². The number of hydrogen-bond donors (Lipinski definition) is 2. The van der Waals surface area contributed by atoms with Crippen molar-refractivity contribution >= 4 is 16.9 Å². The van der Waals surface area contributed by atoms with Crippen molar-refractivity contribution in [3.8, 4) is 6.07 Å². The Bertz CT molecular complexity index is 417. The van der Waals surface area contributed by atoms with E-state index in [9.17, 15) is 0 Å². The molecular formula is C12H14N3S+. The highest BCUT2D eigenvalue weighted by molar-refractivity contribution is 8.12. The van der Waals surface area contributed by atoms with Gasteiger partial charge in [-0.25, -0.2) is 0 Å². The van der Waals surface area contributed by atoms with Crippen molar-refractivity contribution in [2.45, 2.75) is 12.2 Å². The second-order valence-corrected chi connectivity index (χ2v) is 4.62. The molecule has 3 nitrogen and oxygen atoms in total. The zero-order chi connectivity index (χ0) is 11.2. The molecular weight excluding hydrogens is 218 g/mol. The van der Waals surface area contributed by atoms with Gasteiger partial charge in [-0.05, 0) is 29.5 Å². The summed E-state index contributed by atoms with van der Waals surface area (Å²) >= 11 is 1.78. The predicted molar refractivity (Wildman–Crippen MR) is 65.9 cm³/mol. The van der Waals surface area contributed by atoms with Gasteiger partial charge in [0.2, 0.25) is 0 Å². The summed E-state index contributed by atoms with van der Waals surface area (Å²) in [6.45, 7) is 2.12. The highest BCUT2D eigenvalue weighted by Gasteiger charge is 2.10. The average Bonchev–Trinajstić information content (AvgIpc) is 2.38. The van der Waals surface area contributed by atoms with Gasteiger partial charge in [-0.1, -0.05) is 12.1 Å². The lowest BCUT2D eigenvalue weighted by Gasteiger charge is -2.07. The molecule has 0 unspecified atom stereocenters. The molecule has 0 spiro atoms. The van der Waals surface area contributed by atoms with Crippen LogP contribution < -0.4 is 10.3 Å². The van der Waals surface area contributed by atoms with Gasteiger partial charge >= 0.3 is 5.17 Å². The number of nitrogens with zero attached hydrogens (tertiary/aromatic N) is 1. The highest BCUT2D eigenvalue weighted by atomic mass is 32.2. The lowest BCUT2D eigenvalue weighted by atomic mass is 10.2. The van der Waals surface area contributed by atoms with Crippen LogP contribution in [0, 0.1) is 11.3 Å². The first kappa shape index (κ1) is 11.0. The van der Waals surface area contributed by atoms with E-state index >= 15 is 0 Å². The summed E-state index contributed by atoms with van der Waals surface area (Å²) < 4.78 is 0. The fourth-order valence-corrected chi connectivity index (χ4v) is 2.40. The van der Waals surface area contributed by atoms with Crippen molar-refractivity contribution in [1.29, 1.82) is 5.26 Å². The third kappa shape index (κ3) is 3.01. The van der Waals surface area contributed by atoms with E-state index in [0.717, 1.165) is 29.6 Å². The van der Waals surface area contributed by atoms with Crippen molar-refractivity contribution < 1.29 is 4.99 Å². The van der Waals surface area contributed by atoms with E-state index in [-0.39, 0.29) is 0 Å². The van der Waals surface area contributed by atoms with Crippen LogP contribution in [0.2, 0.25) is 0 Å². The number of amidine groups is 1. The Morgan fingerprint density at radius 1 is 1.38 bits per heavy atom. The number of hydrogen-bond acceptors (Lipinski definition) is 3. The van der Waals surface area contributed by atoms with Crippen LogP contribution in [0.3, 0.4) is 0 Å². The quantitative estimate of drug-likeness (QED) is 0.767. The molecule has 0 amide bonds. The van der Waals surface area contributed by atoms with E-state index < -0.39 is 0 Å². The second kappa shape index (κ2) is 5.57. The van der Waals surface area contributed by atoms with Gasteiger partial charge in [0.1, 0.15) is 0 Å². The fourth-order valence-electron chi connectivity index (χ4n) is 1.49. The normalized spacial score (nSPS) is 14.8. The summed E-state index contributed by atoms with van der Waals surface area (Å²) in [5.74, 6) is 0.932. The molecule has 0 aliphatic carbocycles. The molecule has 0 aromatic heterocycles. The van der Waals surface area contributed by atoms with E-state index in [0.29, 0.717) is 0 Å². The minimum atomic E-state index is 0.718. The van der Waals surface area contributed by atoms with Crippen LogP contribution in [0.1, 0.15) is 17.5 Å². The largest absolute Gasteiger partial charge is 0.304 e. The number of nitriles is 1. The molecule has 1 aliphatic rings. The van der Waals surface area contributed by atoms with Gasteiger partial charge in [-0.2, -0.15) is 5.26 Å². The maximum absolute atomic E-state index is 8.68. The SMILES string of the molecule is N#Cc1ccc(CSC2=[NH+]CCCN2)cc1. The molecule has 1 aromatic rings. The standard InChI is InChI=1S/C12H13N3S/c13-8-10-2-4-11(5-3-10)9-16-12-14-6-1-7-15-12/h2-5H,1,6-7,9H2,(H,14,15)/p+1. The predicted octanol–water partition coefficient (Wildman–Crippen LogP) is 0.221. The molecule has 82 valence electrons. The summed E-state index contributed by atoms with van der Waals surface area (Å²) in [5.41, 5.74) is 1.96. The van der Waals surface area contributed by atoms with Gasteiger partial charge in [-0.3, -0.25) is 10.3 Å². The van der Waals surface area contributed by atoms with Crippen molar-refractivity contribution in [2.75, 3.05) is 13.1 Å². The Morgan fingerprint density at radius 3 is 2.81 bits per heavy atom. The molecule has 0 fully saturated rings. The van der Waals surface area contributed by atoms with Gasteiger partial charge in [0.25, 0.3) is 0 Å². The minimum absolute atomic E-state index is 0.718. The zero-order valence-corrected chi connectivity index (χ0v) is 9.81. The molecule has 0 saturated carbocycles. The highest BCUT2D eigenvalue weighted by Crippen LogP contribution is 2.12. The molecule has 1 aromatic carbocycles. The maximum atomic E-state index is 8.68. The Balaban J connectivity index is 1.89. The first-order chi connectivity index (χ1) is 7.88. The Kier molecular flexibility index (Phi) is 3.84. The second-order valence-electron chi connectivity index (χ2n) is 3.63. The fraction of sp³-hybridized carbons (Fsp3) is 0.333. The summed E-state index contributed by atoms with van der Waals surface area (Å²) in [6.07, 6.45) is 1.18. The lowest BCUT2D eigenvalue weighted by Crippen LogP contribution is -2.78. The van der Waals surface area contributed by atoms with E-state index in [1.807, 2.05) is 24.3 Å². The molecule has 4 heteroatoms. The third-order valence-corrected chi connectivity index (χ3v) is 3.45. The van der Waals surface area contributed by atoms with Crippen molar-refractivity contribution in [1.82, 2.24) is 5.32 Å². The van der Waals surface area contributed by atoms with E-state index in [1.165, 1.54) is 12.0 Å². The van der Waals surface area contributed by atoms with Crippen LogP contribution >= 0.6 is 11.8 Å². The van der Waals surface area contributed by atoms with Crippen LogP contribution in [-0.4, -0.2) is 18.3 Å². The number of benzene rings is 1. The Morgan fingerprint density at radius 2 is 2.19 bits per heavy atom. The van der Waals surface area contributed by atoms with Crippen molar-refractivity contribution in [3.05, 3.63) is 35.4 Å². The molecule has 1 aliphatic heterocycles. The van der Waals surface area contributed by atoms with Crippen LogP contribution in [-0.2, 0) is 5.75 Å². The van der Waals surface area contributed by atoms with Crippen molar-refractivity contribution in [3.63, 3.8) is 0 Å². The molecule has 2 rings (SSSR count). The molecule has 0 saturated heterocycles. The molecule has 0 atom stereocenters. The van der Waals surface area contributed by atoms with Crippen LogP contribution in [0.25, 0.3) is 0 Å². The molecule has 0 bridgehead atoms. The van der Waals surface area contributed by atoms with Crippen LogP contribution in [0.5, 0.6) is 0 Å². The van der Waals surface area contributed by atoms with Gasteiger partial charge < -0.3 is 0 Å². The molecule has 16 heavy (non-hydrogen) atoms.